The second-order valence-corrected chi connectivity index (χ2v) is 5.73. The molecular formula is C15H24N4O2S. The Hall–Kier alpha value is -1.76. The van der Waals surface area contributed by atoms with Gasteiger partial charge in [-0.3, -0.25) is 10.1 Å². The fourth-order valence-corrected chi connectivity index (χ4v) is 2.35. The predicted octanol–water partition coefficient (Wildman–Crippen LogP) is 2.79. The standard InChI is InChI=1S/C15H24N4O2S/c1-3-16-15(17-9-4-5-10-22-2)18-12-13-7-6-8-14(11-13)19(20)21/h6-8,11H,3-5,9-10,12H2,1-2H3,(H2,16,17,18). The molecule has 22 heavy (non-hydrogen) atoms. The van der Waals surface area contributed by atoms with Gasteiger partial charge in [-0.25, -0.2) is 4.99 Å². The molecule has 0 spiro atoms. The Balaban J connectivity index is 2.54. The van der Waals surface area contributed by atoms with E-state index < -0.39 is 0 Å². The highest BCUT2D eigenvalue weighted by molar-refractivity contribution is 7.98. The number of thioether (sulfide) groups is 1. The summed E-state index contributed by atoms with van der Waals surface area (Å²) in [5.41, 5.74) is 0.927. The van der Waals surface area contributed by atoms with E-state index in [0.717, 1.165) is 31.0 Å². The van der Waals surface area contributed by atoms with E-state index in [1.807, 2.05) is 24.8 Å². The molecule has 0 amide bonds. The van der Waals surface area contributed by atoms with Crippen molar-refractivity contribution in [2.45, 2.75) is 26.3 Å². The molecule has 0 fully saturated rings. The van der Waals surface area contributed by atoms with Crippen molar-refractivity contribution in [2.75, 3.05) is 25.1 Å². The molecule has 1 rings (SSSR count). The van der Waals surface area contributed by atoms with E-state index in [2.05, 4.69) is 21.9 Å². The van der Waals surface area contributed by atoms with Crippen molar-refractivity contribution in [3.63, 3.8) is 0 Å². The molecule has 0 radical (unpaired) electrons. The summed E-state index contributed by atoms with van der Waals surface area (Å²) in [6.45, 7) is 4.09. The lowest BCUT2D eigenvalue weighted by molar-refractivity contribution is -0.384. The first kappa shape index (κ1) is 18.3. The van der Waals surface area contributed by atoms with Gasteiger partial charge in [0.05, 0.1) is 11.5 Å². The number of nitro groups is 1. The third-order valence-electron chi connectivity index (χ3n) is 2.95. The van der Waals surface area contributed by atoms with Crippen LogP contribution < -0.4 is 10.6 Å². The summed E-state index contributed by atoms with van der Waals surface area (Å²) in [5.74, 6) is 1.92. The van der Waals surface area contributed by atoms with Crippen LogP contribution in [0, 0.1) is 10.1 Å². The minimum atomic E-state index is -0.386. The van der Waals surface area contributed by atoms with Crippen molar-refractivity contribution in [3.8, 4) is 0 Å². The van der Waals surface area contributed by atoms with E-state index in [1.165, 1.54) is 18.2 Å². The van der Waals surface area contributed by atoms with Crippen molar-refractivity contribution in [1.82, 2.24) is 10.6 Å². The highest BCUT2D eigenvalue weighted by Gasteiger charge is 2.05. The van der Waals surface area contributed by atoms with Crippen LogP contribution in [0.1, 0.15) is 25.3 Å². The number of guanidine groups is 1. The van der Waals surface area contributed by atoms with Gasteiger partial charge in [0.25, 0.3) is 5.69 Å². The van der Waals surface area contributed by atoms with Gasteiger partial charge in [0.2, 0.25) is 0 Å². The maximum atomic E-state index is 10.8. The van der Waals surface area contributed by atoms with Crippen molar-refractivity contribution in [2.24, 2.45) is 4.99 Å². The summed E-state index contributed by atoms with van der Waals surface area (Å²) in [6.07, 6.45) is 4.39. The second kappa shape index (κ2) is 10.9. The van der Waals surface area contributed by atoms with E-state index >= 15 is 0 Å². The smallest absolute Gasteiger partial charge is 0.269 e. The lowest BCUT2D eigenvalue weighted by atomic mass is 10.2. The summed E-state index contributed by atoms with van der Waals surface area (Å²) >= 11 is 1.85. The van der Waals surface area contributed by atoms with E-state index in [0.29, 0.717) is 6.54 Å². The Morgan fingerprint density at radius 1 is 1.36 bits per heavy atom. The van der Waals surface area contributed by atoms with Crippen molar-refractivity contribution >= 4 is 23.4 Å². The van der Waals surface area contributed by atoms with E-state index in [9.17, 15) is 10.1 Å². The zero-order valence-electron chi connectivity index (χ0n) is 13.2. The monoisotopic (exact) mass is 324 g/mol. The summed E-state index contributed by atoms with van der Waals surface area (Å²) in [7, 11) is 0. The topological polar surface area (TPSA) is 79.6 Å². The van der Waals surface area contributed by atoms with Crippen LogP contribution in [0.15, 0.2) is 29.3 Å². The summed E-state index contributed by atoms with van der Waals surface area (Å²) in [5, 5.41) is 17.2. The highest BCUT2D eigenvalue weighted by Crippen LogP contribution is 2.13. The average molecular weight is 324 g/mol. The predicted molar refractivity (Wildman–Crippen MR) is 93.5 cm³/mol. The molecule has 0 bridgehead atoms. The number of nitrogens with one attached hydrogen (secondary N) is 2. The number of hydrogen-bond acceptors (Lipinski definition) is 4. The Morgan fingerprint density at radius 2 is 2.18 bits per heavy atom. The molecule has 0 saturated carbocycles. The van der Waals surface area contributed by atoms with Crippen LogP contribution in [-0.4, -0.2) is 36.0 Å². The van der Waals surface area contributed by atoms with E-state index in [1.54, 1.807) is 12.1 Å². The van der Waals surface area contributed by atoms with Crippen LogP contribution >= 0.6 is 11.8 Å². The van der Waals surface area contributed by atoms with Gasteiger partial charge in [0.1, 0.15) is 0 Å². The Morgan fingerprint density at radius 3 is 2.86 bits per heavy atom. The molecule has 7 heteroatoms. The molecule has 1 aromatic carbocycles. The average Bonchev–Trinajstić information content (AvgIpc) is 2.52. The number of rotatable bonds is 9. The lowest BCUT2D eigenvalue weighted by Gasteiger charge is -2.11. The van der Waals surface area contributed by atoms with Gasteiger partial charge in [0.15, 0.2) is 5.96 Å². The van der Waals surface area contributed by atoms with Crippen LogP contribution in [0.5, 0.6) is 0 Å². The number of hydrogen-bond donors (Lipinski definition) is 2. The van der Waals surface area contributed by atoms with Gasteiger partial charge < -0.3 is 10.6 Å². The Bertz CT molecular complexity index is 494. The zero-order chi connectivity index (χ0) is 16.2. The van der Waals surface area contributed by atoms with Gasteiger partial charge in [-0.15, -0.1) is 0 Å². The number of non-ortho nitro benzene ring substituents is 1. The largest absolute Gasteiger partial charge is 0.357 e. The van der Waals surface area contributed by atoms with Gasteiger partial charge >= 0.3 is 0 Å². The van der Waals surface area contributed by atoms with Crippen molar-refractivity contribution in [3.05, 3.63) is 39.9 Å². The minimum Gasteiger partial charge on any atom is -0.357 e. The number of unbranched alkanes of at least 4 members (excludes halogenated alkanes) is 1. The minimum absolute atomic E-state index is 0.0997. The van der Waals surface area contributed by atoms with Crippen LogP contribution in [0.4, 0.5) is 5.69 Å². The normalized spacial score (nSPS) is 11.3. The Kier molecular flexibility index (Phi) is 9.06. The molecule has 0 atom stereocenters. The van der Waals surface area contributed by atoms with Gasteiger partial charge in [-0.1, -0.05) is 12.1 Å². The van der Waals surface area contributed by atoms with Gasteiger partial charge in [0, 0.05) is 25.2 Å². The molecule has 0 aliphatic heterocycles. The Labute approximate surface area is 135 Å². The molecule has 1 aromatic rings. The number of nitrogens with zero attached hydrogens (tertiary/aromatic N) is 2. The van der Waals surface area contributed by atoms with Crippen LogP contribution in [0.2, 0.25) is 0 Å². The fourth-order valence-electron chi connectivity index (χ4n) is 1.86. The summed E-state index contributed by atoms with van der Waals surface area (Å²) in [4.78, 5) is 14.8. The first-order chi connectivity index (χ1) is 10.7. The second-order valence-electron chi connectivity index (χ2n) is 4.75. The number of benzene rings is 1. The van der Waals surface area contributed by atoms with Crippen molar-refractivity contribution < 1.29 is 4.92 Å². The SMILES string of the molecule is CCNC(=NCc1cccc([N+](=O)[O-])c1)NCCCCSC. The van der Waals surface area contributed by atoms with Crippen LogP contribution in [0.3, 0.4) is 0 Å². The van der Waals surface area contributed by atoms with Gasteiger partial charge in [-0.05, 0) is 37.3 Å². The molecule has 0 aromatic heterocycles. The van der Waals surface area contributed by atoms with Crippen LogP contribution in [-0.2, 0) is 6.54 Å². The third kappa shape index (κ3) is 7.31. The highest BCUT2D eigenvalue weighted by atomic mass is 32.2. The lowest BCUT2D eigenvalue weighted by Crippen LogP contribution is -2.37. The van der Waals surface area contributed by atoms with Crippen molar-refractivity contribution in [1.29, 1.82) is 0 Å². The maximum Gasteiger partial charge on any atom is 0.269 e. The molecule has 0 unspecified atom stereocenters. The number of aliphatic imine (C=N–C) groups is 1. The first-order valence-electron chi connectivity index (χ1n) is 7.41. The molecule has 0 saturated heterocycles. The van der Waals surface area contributed by atoms with Gasteiger partial charge in [-0.2, -0.15) is 11.8 Å². The third-order valence-corrected chi connectivity index (χ3v) is 3.65. The molecule has 0 aliphatic rings. The zero-order valence-corrected chi connectivity index (χ0v) is 14.0. The van der Waals surface area contributed by atoms with E-state index in [-0.39, 0.29) is 10.6 Å². The fraction of sp³-hybridized carbons (Fsp3) is 0.533. The van der Waals surface area contributed by atoms with Crippen LogP contribution in [0.25, 0.3) is 0 Å². The molecule has 0 aliphatic carbocycles. The first-order valence-corrected chi connectivity index (χ1v) is 8.81. The molecular weight excluding hydrogens is 300 g/mol. The molecule has 2 N–H and O–H groups in total. The molecule has 6 nitrogen and oxygen atoms in total. The number of nitro benzene ring substituents is 1. The van der Waals surface area contributed by atoms with E-state index in [4.69, 9.17) is 0 Å². The quantitative estimate of drug-likeness (QED) is 0.240. The molecule has 0 heterocycles. The molecule has 122 valence electrons. The maximum absolute atomic E-state index is 10.8. The summed E-state index contributed by atoms with van der Waals surface area (Å²) in [6, 6.07) is 6.58. The summed E-state index contributed by atoms with van der Waals surface area (Å²) < 4.78 is 0.